The van der Waals surface area contributed by atoms with Crippen LogP contribution in [0.25, 0.3) is 0 Å². The number of phosphoric acid groups is 1. The molecule has 0 aromatic carbocycles. The molecule has 2 unspecified atom stereocenters. The zero-order valence-electron chi connectivity index (χ0n) is 47.4. The summed E-state index contributed by atoms with van der Waals surface area (Å²) in [5.41, 5.74) is 5.37. The number of rotatable bonds is 57. The van der Waals surface area contributed by atoms with Gasteiger partial charge in [-0.25, -0.2) is 4.57 Å². The molecule has 2 atom stereocenters. The van der Waals surface area contributed by atoms with Crippen molar-refractivity contribution in [3.05, 3.63) is 72.9 Å². The van der Waals surface area contributed by atoms with Crippen molar-refractivity contribution in [3.63, 3.8) is 0 Å². The highest BCUT2D eigenvalue weighted by atomic mass is 31.2. The average Bonchev–Trinajstić information content (AvgIpc) is 3.38. The van der Waals surface area contributed by atoms with E-state index in [-0.39, 0.29) is 38.6 Å². The van der Waals surface area contributed by atoms with E-state index in [1.165, 1.54) is 167 Å². The Morgan fingerprint density at radius 2 is 0.753 bits per heavy atom. The maximum atomic E-state index is 12.7. The number of ether oxygens (including phenoxy) is 2. The summed E-state index contributed by atoms with van der Waals surface area (Å²) in [5.74, 6) is -0.829. The summed E-state index contributed by atoms with van der Waals surface area (Å²) in [5, 5.41) is 0. The van der Waals surface area contributed by atoms with Crippen LogP contribution in [0.15, 0.2) is 72.9 Å². The molecule has 424 valence electrons. The smallest absolute Gasteiger partial charge is 0.462 e. The van der Waals surface area contributed by atoms with Crippen molar-refractivity contribution < 1.29 is 37.6 Å². The van der Waals surface area contributed by atoms with E-state index in [1.54, 1.807) is 0 Å². The molecule has 3 N–H and O–H groups in total. The fourth-order valence-electron chi connectivity index (χ4n) is 8.60. The molecule has 10 heteroatoms. The molecule has 9 nitrogen and oxygen atoms in total. The second-order valence-corrected chi connectivity index (χ2v) is 21.6. The summed E-state index contributed by atoms with van der Waals surface area (Å²) < 4.78 is 33.0. The van der Waals surface area contributed by atoms with Crippen LogP contribution in [0.5, 0.6) is 0 Å². The Balaban J connectivity index is 3.77. The number of hydrogen-bond donors (Lipinski definition) is 2. The van der Waals surface area contributed by atoms with Gasteiger partial charge in [0.2, 0.25) is 0 Å². The highest BCUT2D eigenvalue weighted by Gasteiger charge is 2.26. The van der Waals surface area contributed by atoms with Crippen LogP contribution in [-0.4, -0.2) is 49.3 Å². The second-order valence-electron chi connectivity index (χ2n) is 20.2. The van der Waals surface area contributed by atoms with Gasteiger partial charge < -0.3 is 20.1 Å². The van der Waals surface area contributed by atoms with Gasteiger partial charge in [-0.2, -0.15) is 0 Å². The monoisotopic (exact) mass is 1040 g/mol. The van der Waals surface area contributed by atoms with Crippen molar-refractivity contribution in [3.8, 4) is 0 Å². The molecule has 0 aliphatic rings. The molecule has 0 heterocycles. The number of nitrogens with two attached hydrogens (primary N) is 1. The third kappa shape index (κ3) is 58.6. The van der Waals surface area contributed by atoms with Crippen molar-refractivity contribution in [1.29, 1.82) is 0 Å². The normalized spacial score (nSPS) is 13.5. The number of esters is 2. The lowest BCUT2D eigenvalue weighted by molar-refractivity contribution is -0.161. The van der Waals surface area contributed by atoms with E-state index in [2.05, 4.69) is 86.8 Å². The Bertz CT molecular complexity index is 1420. The molecule has 0 fully saturated rings. The highest BCUT2D eigenvalue weighted by molar-refractivity contribution is 7.47. The van der Waals surface area contributed by atoms with Gasteiger partial charge in [0.05, 0.1) is 13.2 Å². The lowest BCUT2D eigenvalue weighted by Gasteiger charge is -2.19. The van der Waals surface area contributed by atoms with E-state index < -0.39 is 26.5 Å². The highest BCUT2D eigenvalue weighted by Crippen LogP contribution is 2.43. The van der Waals surface area contributed by atoms with Crippen LogP contribution in [0, 0.1) is 0 Å². The minimum absolute atomic E-state index is 0.0525. The molecular weight excluding hydrogens is 930 g/mol. The van der Waals surface area contributed by atoms with Gasteiger partial charge in [-0.3, -0.25) is 18.6 Å². The fraction of sp³-hybridized carbons (Fsp3) is 0.778. The third-order valence-corrected chi connectivity index (χ3v) is 14.1. The lowest BCUT2D eigenvalue weighted by Crippen LogP contribution is -2.29. The molecule has 73 heavy (non-hydrogen) atoms. The van der Waals surface area contributed by atoms with Gasteiger partial charge >= 0.3 is 19.8 Å². The molecule has 0 rings (SSSR count). The SMILES string of the molecule is CC/C=C\C/C=C\C/C=C\C/C=C\C/C=C\CCCCCCCCCCCCCCCCCCCCCCCCCC(=O)OC(COC(=O)CCCCCCC/C=C\CCCCCC)COP(=O)(O)OCCN. The van der Waals surface area contributed by atoms with Crippen LogP contribution < -0.4 is 5.73 Å². The Labute approximate surface area is 450 Å². The molecule has 0 saturated heterocycles. The molecule has 0 aliphatic carbocycles. The first kappa shape index (κ1) is 70.5. The molecule has 0 aromatic heterocycles. The van der Waals surface area contributed by atoms with Crippen molar-refractivity contribution in [2.24, 2.45) is 5.73 Å². The Morgan fingerprint density at radius 1 is 0.425 bits per heavy atom. The van der Waals surface area contributed by atoms with Gasteiger partial charge in [0, 0.05) is 19.4 Å². The van der Waals surface area contributed by atoms with E-state index in [4.69, 9.17) is 24.3 Å². The Morgan fingerprint density at radius 3 is 1.14 bits per heavy atom. The fourth-order valence-corrected chi connectivity index (χ4v) is 9.37. The first-order chi connectivity index (χ1) is 35.8. The van der Waals surface area contributed by atoms with Crippen LogP contribution in [0.1, 0.15) is 284 Å². The number of carbonyl (C=O) groups excluding carboxylic acids is 2. The van der Waals surface area contributed by atoms with Crippen molar-refractivity contribution >= 4 is 19.8 Å². The maximum Gasteiger partial charge on any atom is 0.472 e. The average molecular weight is 1040 g/mol. The minimum atomic E-state index is -4.39. The summed E-state index contributed by atoms with van der Waals surface area (Å²) in [4.78, 5) is 35.1. The predicted octanol–water partition coefficient (Wildman–Crippen LogP) is 19.3. The lowest BCUT2D eigenvalue weighted by atomic mass is 10.0. The quantitative estimate of drug-likeness (QED) is 0.0264. The molecule has 0 spiro atoms. The van der Waals surface area contributed by atoms with Gasteiger partial charge in [-0.05, 0) is 83.5 Å². The van der Waals surface area contributed by atoms with Crippen LogP contribution in [0.2, 0.25) is 0 Å². The molecule has 0 amide bonds. The van der Waals surface area contributed by atoms with Crippen LogP contribution in [-0.2, 0) is 32.7 Å². The first-order valence-electron chi connectivity index (χ1n) is 30.4. The largest absolute Gasteiger partial charge is 0.472 e. The summed E-state index contributed by atoms with van der Waals surface area (Å²) in [7, 11) is -4.39. The summed E-state index contributed by atoms with van der Waals surface area (Å²) in [6.45, 7) is 3.62. The number of hydrogen-bond acceptors (Lipinski definition) is 8. The molecule has 0 saturated carbocycles. The first-order valence-corrected chi connectivity index (χ1v) is 31.9. The van der Waals surface area contributed by atoms with E-state index >= 15 is 0 Å². The zero-order chi connectivity index (χ0) is 53.1. The second kappa shape index (κ2) is 58.7. The Hall–Kier alpha value is -2.55. The molecule has 0 radical (unpaired) electrons. The number of carbonyl (C=O) groups is 2. The summed E-state index contributed by atoms with van der Waals surface area (Å²) in [6.07, 6.45) is 75.6. The van der Waals surface area contributed by atoms with Gasteiger partial charge in [0.1, 0.15) is 6.61 Å². The standard InChI is InChI=1S/C63H114NO8P/c1-3-5-7-9-11-13-15-17-18-19-20-21-22-23-24-25-26-27-28-29-30-31-32-33-34-35-36-37-38-39-40-41-42-44-46-48-50-52-54-56-63(66)72-61(60-71-73(67,68)70-58-57-64)59-69-62(65)55-53-51-49-47-45-43-16-14-12-10-8-6-4-2/h5,7,11,13-14,16-18,20-21,23-24,61H,3-4,6,8-10,12,15,19,22,25-60,64H2,1-2H3,(H,67,68)/b7-5-,13-11-,16-14-,18-17-,21-20-,24-23-. The van der Waals surface area contributed by atoms with Gasteiger partial charge in [-0.15, -0.1) is 0 Å². The van der Waals surface area contributed by atoms with Gasteiger partial charge in [-0.1, -0.05) is 260 Å². The minimum Gasteiger partial charge on any atom is -0.462 e. The zero-order valence-corrected chi connectivity index (χ0v) is 48.3. The van der Waals surface area contributed by atoms with Crippen LogP contribution >= 0.6 is 7.82 Å². The van der Waals surface area contributed by atoms with Gasteiger partial charge in [0.15, 0.2) is 6.10 Å². The van der Waals surface area contributed by atoms with E-state index in [0.29, 0.717) is 6.42 Å². The van der Waals surface area contributed by atoms with Crippen LogP contribution in [0.4, 0.5) is 0 Å². The van der Waals surface area contributed by atoms with Crippen molar-refractivity contribution in [2.75, 3.05) is 26.4 Å². The van der Waals surface area contributed by atoms with E-state index in [1.807, 2.05) is 0 Å². The summed E-state index contributed by atoms with van der Waals surface area (Å²) in [6, 6.07) is 0. The van der Waals surface area contributed by atoms with E-state index in [9.17, 15) is 19.0 Å². The number of phosphoric ester groups is 1. The topological polar surface area (TPSA) is 134 Å². The van der Waals surface area contributed by atoms with Crippen LogP contribution in [0.3, 0.4) is 0 Å². The molecule has 0 aliphatic heterocycles. The van der Waals surface area contributed by atoms with Gasteiger partial charge in [0.25, 0.3) is 0 Å². The van der Waals surface area contributed by atoms with Crippen molar-refractivity contribution in [2.45, 2.75) is 290 Å². The Kier molecular flexibility index (Phi) is 56.7. The molecular formula is C63H114NO8P. The molecule has 0 aromatic rings. The number of unbranched alkanes of at least 4 members (excludes halogenated alkanes) is 32. The number of allylic oxidation sites excluding steroid dienone is 12. The predicted molar refractivity (Wildman–Crippen MR) is 312 cm³/mol. The third-order valence-electron chi connectivity index (χ3n) is 13.1. The maximum absolute atomic E-state index is 12.7. The van der Waals surface area contributed by atoms with E-state index in [0.717, 1.165) is 83.5 Å². The molecule has 0 bridgehead atoms. The summed E-state index contributed by atoms with van der Waals surface area (Å²) >= 11 is 0. The van der Waals surface area contributed by atoms with Crippen molar-refractivity contribution in [1.82, 2.24) is 0 Å².